The molecule has 0 aliphatic heterocycles. The molecular formula is C21H31N5O5. The highest BCUT2D eigenvalue weighted by Gasteiger charge is 2.30. The molecule has 2 aromatic rings. The smallest absolute Gasteiger partial charge is 0.328 e. The summed E-state index contributed by atoms with van der Waals surface area (Å²) in [6.45, 7) is 1.76. The number of unbranched alkanes of at least 4 members (excludes halogenated alkanes) is 1. The van der Waals surface area contributed by atoms with Gasteiger partial charge in [-0.25, -0.2) is 4.79 Å². The Hall–Kier alpha value is -2.95. The van der Waals surface area contributed by atoms with Crippen molar-refractivity contribution in [3.63, 3.8) is 0 Å². The van der Waals surface area contributed by atoms with Crippen LogP contribution in [0.15, 0.2) is 30.5 Å². The molecule has 4 atom stereocenters. The number of hydrogen-bond donors (Lipinski definition) is 7. The number of rotatable bonds is 12. The van der Waals surface area contributed by atoms with Crippen LogP contribution in [0.3, 0.4) is 0 Å². The van der Waals surface area contributed by atoms with Gasteiger partial charge in [0.25, 0.3) is 0 Å². The van der Waals surface area contributed by atoms with Gasteiger partial charge in [0.2, 0.25) is 11.8 Å². The van der Waals surface area contributed by atoms with Gasteiger partial charge in [0.15, 0.2) is 6.04 Å². The van der Waals surface area contributed by atoms with Crippen LogP contribution >= 0.6 is 0 Å². The fourth-order valence-corrected chi connectivity index (χ4v) is 3.29. The Balaban J connectivity index is 2.20. The summed E-state index contributed by atoms with van der Waals surface area (Å²) in [5, 5.41) is 24.8. The number of para-hydroxylation sites is 1. The monoisotopic (exact) mass is 433 g/mol. The lowest BCUT2D eigenvalue weighted by atomic mass is 10.0. The Morgan fingerprint density at radius 2 is 1.84 bits per heavy atom. The lowest BCUT2D eigenvalue weighted by molar-refractivity contribution is -0.145. The highest BCUT2D eigenvalue weighted by molar-refractivity contribution is 5.93. The minimum Gasteiger partial charge on any atom is -0.480 e. The summed E-state index contributed by atoms with van der Waals surface area (Å²) in [6.07, 6.45) is 2.35. The number of nitrogens with one attached hydrogen (secondary N) is 3. The number of aliphatic carboxylic acids is 1. The Kier molecular flexibility index (Phi) is 8.98. The van der Waals surface area contributed by atoms with E-state index in [1.165, 1.54) is 6.92 Å². The Morgan fingerprint density at radius 3 is 2.48 bits per heavy atom. The van der Waals surface area contributed by atoms with Crippen LogP contribution in [0, 0.1) is 0 Å². The number of aliphatic hydroxyl groups excluding tert-OH is 1. The van der Waals surface area contributed by atoms with Crippen molar-refractivity contribution < 1.29 is 24.6 Å². The van der Waals surface area contributed by atoms with Gasteiger partial charge in [0.05, 0.1) is 12.1 Å². The molecule has 9 N–H and O–H groups in total. The SMILES string of the molecule is C[C@@H](O)[C@H](NC(=O)[C@H](Cc1c[nH]c2ccccc12)NC(=O)[C@@H](N)CCCCN)C(=O)O. The second-order valence-corrected chi connectivity index (χ2v) is 7.58. The Morgan fingerprint density at radius 1 is 1.13 bits per heavy atom. The zero-order valence-corrected chi connectivity index (χ0v) is 17.5. The van der Waals surface area contributed by atoms with Crippen LogP contribution in [-0.4, -0.2) is 63.8 Å². The molecule has 0 spiro atoms. The number of aromatic nitrogens is 1. The van der Waals surface area contributed by atoms with E-state index in [1.54, 1.807) is 6.20 Å². The quantitative estimate of drug-likeness (QED) is 0.222. The van der Waals surface area contributed by atoms with Crippen molar-refractivity contribution in [3.05, 3.63) is 36.0 Å². The van der Waals surface area contributed by atoms with E-state index < -0.39 is 42.0 Å². The zero-order valence-electron chi connectivity index (χ0n) is 17.5. The number of amides is 2. The molecule has 0 unspecified atom stereocenters. The first-order valence-corrected chi connectivity index (χ1v) is 10.3. The van der Waals surface area contributed by atoms with Gasteiger partial charge < -0.3 is 37.3 Å². The van der Waals surface area contributed by atoms with Gasteiger partial charge in [-0.3, -0.25) is 9.59 Å². The maximum atomic E-state index is 12.9. The van der Waals surface area contributed by atoms with E-state index in [-0.39, 0.29) is 6.42 Å². The number of benzene rings is 1. The summed E-state index contributed by atoms with van der Waals surface area (Å²) in [5.41, 5.74) is 13.0. The molecule has 31 heavy (non-hydrogen) atoms. The Bertz CT molecular complexity index is 897. The van der Waals surface area contributed by atoms with Crippen molar-refractivity contribution in [2.24, 2.45) is 11.5 Å². The molecule has 0 saturated carbocycles. The molecule has 10 nitrogen and oxygen atoms in total. The minimum absolute atomic E-state index is 0.114. The summed E-state index contributed by atoms with van der Waals surface area (Å²) in [7, 11) is 0. The van der Waals surface area contributed by atoms with E-state index in [2.05, 4.69) is 15.6 Å². The summed E-state index contributed by atoms with van der Waals surface area (Å²) in [5.74, 6) is -2.61. The molecular weight excluding hydrogens is 402 g/mol. The van der Waals surface area contributed by atoms with Gasteiger partial charge in [0, 0.05) is 23.5 Å². The number of H-pyrrole nitrogens is 1. The van der Waals surface area contributed by atoms with Gasteiger partial charge in [0.1, 0.15) is 6.04 Å². The fraction of sp³-hybridized carbons (Fsp3) is 0.476. The summed E-state index contributed by atoms with van der Waals surface area (Å²) >= 11 is 0. The van der Waals surface area contributed by atoms with Crippen LogP contribution < -0.4 is 22.1 Å². The van der Waals surface area contributed by atoms with Crippen LogP contribution in [0.2, 0.25) is 0 Å². The molecule has 2 amide bonds. The average molecular weight is 434 g/mol. The zero-order chi connectivity index (χ0) is 23.0. The fourth-order valence-electron chi connectivity index (χ4n) is 3.29. The third-order valence-corrected chi connectivity index (χ3v) is 5.08. The highest BCUT2D eigenvalue weighted by Crippen LogP contribution is 2.19. The lowest BCUT2D eigenvalue weighted by Gasteiger charge is -2.24. The maximum Gasteiger partial charge on any atom is 0.328 e. The number of aliphatic hydroxyl groups is 1. The van der Waals surface area contributed by atoms with Gasteiger partial charge >= 0.3 is 5.97 Å². The van der Waals surface area contributed by atoms with Gasteiger partial charge in [-0.2, -0.15) is 0 Å². The van der Waals surface area contributed by atoms with Crippen LogP contribution in [0.4, 0.5) is 0 Å². The van der Waals surface area contributed by atoms with E-state index in [1.807, 2.05) is 24.3 Å². The molecule has 0 fully saturated rings. The molecule has 1 aromatic heterocycles. The van der Waals surface area contributed by atoms with Crippen LogP contribution in [0.25, 0.3) is 10.9 Å². The lowest BCUT2D eigenvalue weighted by Crippen LogP contribution is -2.57. The summed E-state index contributed by atoms with van der Waals surface area (Å²) in [4.78, 5) is 39.9. The number of aromatic amines is 1. The molecule has 10 heteroatoms. The first-order chi connectivity index (χ1) is 14.7. The second-order valence-electron chi connectivity index (χ2n) is 7.58. The van der Waals surface area contributed by atoms with E-state index in [9.17, 15) is 24.6 Å². The number of fused-ring (bicyclic) bond motifs is 1. The average Bonchev–Trinajstić information content (AvgIpc) is 3.13. The summed E-state index contributed by atoms with van der Waals surface area (Å²) < 4.78 is 0. The first kappa shape index (κ1) is 24.3. The molecule has 1 heterocycles. The number of carboxylic acids is 1. The van der Waals surface area contributed by atoms with E-state index >= 15 is 0 Å². The molecule has 0 bridgehead atoms. The number of nitrogens with two attached hydrogens (primary N) is 2. The third-order valence-electron chi connectivity index (χ3n) is 5.08. The molecule has 2 rings (SSSR count). The van der Waals surface area contributed by atoms with Crippen LogP contribution in [0.5, 0.6) is 0 Å². The molecule has 170 valence electrons. The van der Waals surface area contributed by atoms with Crippen LogP contribution in [0.1, 0.15) is 31.7 Å². The number of carbonyl (C=O) groups is 3. The number of hydrogen-bond acceptors (Lipinski definition) is 6. The number of carboxylic acid groups (broad SMARTS) is 1. The molecule has 0 saturated heterocycles. The number of carbonyl (C=O) groups excluding carboxylic acids is 2. The van der Waals surface area contributed by atoms with Crippen molar-refractivity contribution in [1.82, 2.24) is 15.6 Å². The predicted octanol–water partition coefficient (Wildman–Crippen LogP) is -0.398. The Labute approximate surface area is 180 Å². The minimum atomic E-state index is -1.51. The summed E-state index contributed by atoms with van der Waals surface area (Å²) in [6, 6.07) is 4.09. The molecule has 0 aliphatic carbocycles. The first-order valence-electron chi connectivity index (χ1n) is 10.3. The second kappa shape index (κ2) is 11.4. The van der Waals surface area contributed by atoms with E-state index in [0.29, 0.717) is 19.4 Å². The van der Waals surface area contributed by atoms with Crippen molar-refractivity contribution in [2.45, 2.75) is 56.8 Å². The van der Waals surface area contributed by atoms with Gasteiger partial charge in [-0.15, -0.1) is 0 Å². The van der Waals surface area contributed by atoms with Gasteiger partial charge in [-0.05, 0) is 37.9 Å². The van der Waals surface area contributed by atoms with Crippen molar-refractivity contribution in [3.8, 4) is 0 Å². The van der Waals surface area contributed by atoms with E-state index in [4.69, 9.17) is 11.5 Å². The third kappa shape index (κ3) is 6.78. The van der Waals surface area contributed by atoms with Crippen molar-refractivity contribution in [2.75, 3.05) is 6.54 Å². The van der Waals surface area contributed by atoms with Crippen molar-refractivity contribution >= 4 is 28.7 Å². The topological polar surface area (TPSA) is 184 Å². The normalized spacial score (nSPS) is 15.1. The van der Waals surface area contributed by atoms with Gasteiger partial charge in [-0.1, -0.05) is 24.6 Å². The molecule has 1 aromatic carbocycles. The molecule has 0 aliphatic rings. The molecule has 0 radical (unpaired) electrons. The van der Waals surface area contributed by atoms with E-state index in [0.717, 1.165) is 22.9 Å². The van der Waals surface area contributed by atoms with Crippen LogP contribution in [-0.2, 0) is 20.8 Å². The maximum absolute atomic E-state index is 12.9. The largest absolute Gasteiger partial charge is 0.480 e. The predicted molar refractivity (Wildman–Crippen MR) is 116 cm³/mol. The standard InChI is InChI=1S/C21H31N5O5/c1-12(27)18(21(30)31)26-20(29)17(25-19(28)15(23)7-4-5-9-22)10-13-11-24-16-8-3-2-6-14(13)16/h2-3,6,8,11-12,15,17-18,24,27H,4-5,7,9-10,22-23H2,1H3,(H,25,28)(H,26,29)(H,30,31)/t12-,15+,17+,18+/m1/s1. The van der Waals surface area contributed by atoms with Crippen molar-refractivity contribution in [1.29, 1.82) is 0 Å². The highest BCUT2D eigenvalue weighted by atomic mass is 16.4.